The van der Waals surface area contributed by atoms with E-state index in [1.54, 1.807) is 25.3 Å². The molecule has 0 spiro atoms. The van der Waals surface area contributed by atoms with Gasteiger partial charge in [0.1, 0.15) is 18.1 Å². The Hall–Kier alpha value is -2.77. The molecule has 0 aromatic heterocycles. The van der Waals surface area contributed by atoms with Gasteiger partial charge in [-0.2, -0.15) is 0 Å². The Labute approximate surface area is 212 Å². The van der Waals surface area contributed by atoms with Crippen molar-refractivity contribution in [3.05, 3.63) is 79.6 Å². The summed E-state index contributed by atoms with van der Waals surface area (Å²) in [6.45, 7) is 2.06. The average Bonchev–Trinajstić information content (AvgIpc) is 2.82. The van der Waals surface area contributed by atoms with Crippen LogP contribution < -0.4 is 14.8 Å². The van der Waals surface area contributed by atoms with Gasteiger partial charge in [-0.25, -0.2) is 4.79 Å². The first-order valence-corrected chi connectivity index (χ1v) is 12.1. The lowest BCUT2D eigenvalue weighted by atomic mass is 9.75. The van der Waals surface area contributed by atoms with Gasteiger partial charge in [-0.1, -0.05) is 17.7 Å². The van der Waals surface area contributed by atoms with Crippen molar-refractivity contribution in [2.24, 2.45) is 0 Å². The van der Waals surface area contributed by atoms with Gasteiger partial charge in [-0.05, 0) is 71.6 Å². The van der Waals surface area contributed by atoms with E-state index in [4.69, 9.17) is 25.8 Å². The quantitative estimate of drug-likeness (QED) is 0.460. The van der Waals surface area contributed by atoms with E-state index in [0.29, 0.717) is 39.8 Å². The zero-order chi connectivity index (χ0) is 24.4. The number of nitrogens with one attached hydrogen (secondary N) is 1. The van der Waals surface area contributed by atoms with E-state index in [0.717, 1.165) is 34.1 Å². The fourth-order valence-electron chi connectivity index (χ4n) is 4.54. The van der Waals surface area contributed by atoms with Crippen LogP contribution in [0.15, 0.2) is 63.4 Å². The lowest BCUT2D eigenvalue weighted by Gasteiger charge is -2.34. The van der Waals surface area contributed by atoms with Crippen LogP contribution >= 0.6 is 27.5 Å². The second-order valence-electron chi connectivity index (χ2n) is 8.19. The Morgan fingerprint density at radius 1 is 1.15 bits per heavy atom. The number of hydrogen-bond donors (Lipinski definition) is 1. The van der Waals surface area contributed by atoms with Crippen molar-refractivity contribution in [2.45, 2.75) is 38.7 Å². The Kier molecular flexibility index (Phi) is 7.33. The maximum atomic E-state index is 13.0. The Morgan fingerprint density at radius 2 is 1.91 bits per heavy atom. The molecule has 0 saturated carbocycles. The van der Waals surface area contributed by atoms with Gasteiger partial charge in [0.25, 0.3) is 0 Å². The topological polar surface area (TPSA) is 73.9 Å². The number of dihydropyridines is 1. The molecule has 1 aliphatic heterocycles. The molecule has 2 aromatic carbocycles. The third-order valence-electron chi connectivity index (χ3n) is 6.10. The number of methoxy groups -OCH3 is 2. The molecule has 0 fully saturated rings. The molecule has 4 rings (SSSR count). The van der Waals surface area contributed by atoms with Crippen molar-refractivity contribution < 1.29 is 23.8 Å². The molecular formula is C26H25BrClNO5. The first-order chi connectivity index (χ1) is 16.3. The highest BCUT2D eigenvalue weighted by Gasteiger charge is 2.39. The SMILES string of the molecule is COC(=O)C1=C(C)NC2=C(C(=O)CCC2)[C@H]1c1ccc(OC)c(COc2ccc(Cl)cc2Br)c1. The molecular weight excluding hydrogens is 522 g/mol. The van der Waals surface area contributed by atoms with Crippen LogP contribution in [0, 0.1) is 0 Å². The first kappa shape index (κ1) is 24.4. The number of esters is 1. The third kappa shape index (κ3) is 4.72. The van der Waals surface area contributed by atoms with Crippen molar-refractivity contribution >= 4 is 39.3 Å². The van der Waals surface area contributed by atoms with Crippen molar-refractivity contribution in [3.8, 4) is 11.5 Å². The number of carbonyl (C=O) groups excluding carboxylic acids is 2. The molecule has 1 atom stereocenters. The maximum Gasteiger partial charge on any atom is 0.336 e. The smallest absolute Gasteiger partial charge is 0.336 e. The number of carbonyl (C=O) groups is 2. The van der Waals surface area contributed by atoms with Crippen molar-refractivity contribution in [3.63, 3.8) is 0 Å². The zero-order valence-electron chi connectivity index (χ0n) is 19.2. The van der Waals surface area contributed by atoms with Crippen molar-refractivity contribution in [2.75, 3.05) is 14.2 Å². The number of halogens is 2. The van der Waals surface area contributed by atoms with Gasteiger partial charge in [0.05, 0.1) is 24.3 Å². The molecule has 2 aliphatic rings. The predicted octanol–water partition coefficient (Wildman–Crippen LogP) is 5.83. The van der Waals surface area contributed by atoms with Crippen LogP contribution in [0.4, 0.5) is 0 Å². The summed E-state index contributed by atoms with van der Waals surface area (Å²) in [4.78, 5) is 25.8. The molecule has 0 unspecified atom stereocenters. The number of rotatable bonds is 6. The fraction of sp³-hybridized carbons (Fsp3) is 0.308. The van der Waals surface area contributed by atoms with Crippen LogP contribution in [0.5, 0.6) is 11.5 Å². The summed E-state index contributed by atoms with van der Waals surface area (Å²) in [5.74, 6) is 0.345. The van der Waals surface area contributed by atoms with Crippen LogP contribution in [0.25, 0.3) is 0 Å². The van der Waals surface area contributed by atoms with Crippen molar-refractivity contribution in [1.29, 1.82) is 0 Å². The maximum absolute atomic E-state index is 13.0. The molecule has 2 aromatic rings. The van der Waals surface area contributed by atoms with Crippen molar-refractivity contribution in [1.82, 2.24) is 5.32 Å². The lowest BCUT2D eigenvalue weighted by molar-refractivity contribution is -0.136. The van der Waals surface area contributed by atoms with Crippen LogP contribution in [0.2, 0.25) is 5.02 Å². The Bertz CT molecular complexity index is 1220. The van der Waals surface area contributed by atoms with Crippen LogP contribution in [-0.2, 0) is 20.9 Å². The number of ether oxygens (including phenoxy) is 3. The van der Waals surface area contributed by atoms with Crippen LogP contribution in [0.3, 0.4) is 0 Å². The van der Waals surface area contributed by atoms with Gasteiger partial charge in [0.2, 0.25) is 0 Å². The van der Waals surface area contributed by atoms with E-state index < -0.39 is 11.9 Å². The average molecular weight is 547 g/mol. The van der Waals surface area contributed by atoms with E-state index in [9.17, 15) is 9.59 Å². The van der Waals surface area contributed by atoms with Crippen LogP contribution in [-0.4, -0.2) is 26.0 Å². The Balaban J connectivity index is 1.76. The van der Waals surface area contributed by atoms with Gasteiger partial charge in [-0.15, -0.1) is 0 Å². The first-order valence-electron chi connectivity index (χ1n) is 10.9. The molecule has 1 N–H and O–H groups in total. The number of Topliss-reactive ketones (excluding diaryl/α,β-unsaturated/α-hetero) is 1. The van der Waals surface area contributed by atoms with Crippen LogP contribution in [0.1, 0.15) is 43.2 Å². The summed E-state index contributed by atoms with van der Waals surface area (Å²) in [6, 6.07) is 11.0. The second-order valence-corrected chi connectivity index (χ2v) is 9.48. The summed E-state index contributed by atoms with van der Waals surface area (Å²) in [7, 11) is 2.94. The van der Waals surface area contributed by atoms with Gasteiger partial charge in [0, 0.05) is 39.9 Å². The molecule has 1 aliphatic carbocycles. The Morgan fingerprint density at radius 3 is 2.62 bits per heavy atom. The zero-order valence-corrected chi connectivity index (χ0v) is 21.5. The monoisotopic (exact) mass is 545 g/mol. The van der Waals surface area contributed by atoms with E-state index in [-0.39, 0.29) is 12.4 Å². The summed E-state index contributed by atoms with van der Waals surface area (Å²) < 4.78 is 17.4. The van der Waals surface area contributed by atoms with Gasteiger partial charge in [0.15, 0.2) is 5.78 Å². The molecule has 34 heavy (non-hydrogen) atoms. The van der Waals surface area contributed by atoms with Gasteiger partial charge < -0.3 is 19.5 Å². The summed E-state index contributed by atoms with van der Waals surface area (Å²) in [5, 5.41) is 3.88. The minimum absolute atomic E-state index is 0.0476. The fourth-order valence-corrected chi connectivity index (χ4v) is 5.33. The number of ketones is 1. The van der Waals surface area contributed by atoms with E-state index >= 15 is 0 Å². The molecule has 0 amide bonds. The van der Waals surface area contributed by atoms with E-state index in [1.807, 2.05) is 25.1 Å². The standard InChI is InChI=1S/C26H25BrClNO5/c1-14-23(26(31)33-3)24(25-19(29-14)5-4-6-20(25)30)15-7-9-21(32-2)16(11-15)13-34-22-10-8-17(28)12-18(22)27/h7-12,24,29H,4-6,13H2,1-3H3/t24-/m0/s1. The van der Waals surface area contributed by atoms with Gasteiger partial charge >= 0.3 is 5.97 Å². The second kappa shape index (κ2) is 10.2. The molecule has 178 valence electrons. The molecule has 8 heteroatoms. The minimum atomic E-state index is -0.525. The lowest BCUT2D eigenvalue weighted by Crippen LogP contribution is -2.34. The number of allylic oxidation sites excluding steroid dienone is 3. The van der Waals surface area contributed by atoms with E-state index in [1.165, 1.54) is 7.11 Å². The highest BCUT2D eigenvalue weighted by atomic mass is 79.9. The molecule has 0 saturated heterocycles. The number of benzene rings is 2. The summed E-state index contributed by atoms with van der Waals surface area (Å²) >= 11 is 9.50. The molecule has 6 nitrogen and oxygen atoms in total. The predicted molar refractivity (Wildman–Crippen MR) is 133 cm³/mol. The van der Waals surface area contributed by atoms with Gasteiger partial charge in [-0.3, -0.25) is 4.79 Å². The molecule has 0 radical (unpaired) electrons. The third-order valence-corrected chi connectivity index (χ3v) is 6.95. The number of hydrogen-bond acceptors (Lipinski definition) is 6. The highest BCUT2D eigenvalue weighted by Crippen LogP contribution is 2.43. The molecule has 0 bridgehead atoms. The normalized spacial score (nSPS) is 17.8. The summed E-state index contributed by atoms with van der Waals surface area (Å²) in [6.07, 6.45) is 2.01. The highest BCUT2D eigenvalue weighted by molar-refractivity contribution is 9.10. The molecule has 1 heterocycles. The minimum Gasteiger partial charge on any atom is -0.496 e. The van der Waals surface area contributed by atoms with E-state index in [2.05, 4.69) is 21.2 Å². The summed E-state index contributed by atoms with van der Waals surface area (Å²) in [5.41, 5.74) is 4.24. The largest absolute Gasteiger partial charge is 0.496 e.